The van der Waals surface area contributed by atoms with Crippen LogP contribution in [0.2, 0.25) is 0 Å². The van der Waals surface area contributed by atoms with E-state index >= 15 is 0 Å². The topological polar surface area (TPSA) is 39.2 Å². The smallest absolute Gasteiger partial charge is 0.141 e. The number of rotatable bonds is 3. The minimum Gasteiger partial charge on any atom is -0.459 e. The van der Waals surface area contributed by atoms with Crippen LogP contribution in [-0.2, 0) is 6.54 Å². The first-order chi connectivity index (χ1) is 9.60. The van der Waals surface area contributed by atoms with E-state index in [0.29, 0.717) is 16.7 Å². The van der Waals surface area contributed by atoms with Crippen LogP contribution in [-0.4, -0.2) is 0 Å². The van der Waals surface area contributed by atoms with Gasteiger partial charge in [0.1, 0.15) is 22.8 Å². The Hall–Kier alpha value is -2.20. The first-order valence-corrected chi connectivity index (χ1v) is 6.18. The van der Waals surface area contributed by atoms with Crippen LogP contribution in [0.15, 0.2) is 41.3 Å². The van der Waals surface area contributed by atoms with Crippen LogP contribution in [0.1, 0.15) is 18.2 Å². The minimum atomic E-state index is -0.660. The Morgan fingerprint density at radius 1 is 1.35 bits per heavy atom. The van der Waals surface area contributed by atoms with Gasteiger partial charge in [0.25, 0.3) is 0 Å². The van der Waals surface area contributed by atoms with Crippen LogP contribution >= 0.6 is 0 Å². The van der Waals surface area contributed by atoms with Gasteiger partial charge in [-0.25, -0.2) is 8.78 Å². The van der Waals surface area contributed by atoms with E-state index in [2.05, 4.69) is 6.58 Å². The van der Waals surface area contributed by atoms with Crippen LogP contribution in [0.25, 0.3) is 11.6 Å². The molecular formula is C16H15F2NO. The summed E-state index contributed by atoms with van der Waals surface area (Å²) in [7, 11) is 0. The number of furan rings is 1. The average molecular weight is 275 g/mol. The van der Waals surface area contributed by atoms with Crippen molar-refractivity contribution in [2.75, 3.05) is 0 Å². The monoisotopic (exact) mass is 275 g/mol. The van der Waals surface area contributed by atoms with E-state index in [1.807, 2.05) is 13.0 Å². The highest BCUT2D eigenvalue weighted by Gasteiger charge is 2.10. The van der Waals surface area contributed by atoms with Crippen molar-refractivity contribution in [3.05, 3.63) is 70.5 Å². The maximum atomic E-state index is 13.9. The lowest BCUT2D eigenvalue weighted by molar-refractivity contribution is 0.480. The minimum absolute atomic E-state index is 0.238. The third-order valence-corrected chi connectivity index (χ3v) is 2.99. The summed E-state index contributed by atoms with van der Waals surface area (Å²) in [4.78, 5) is 0. The third-order valence-electron chi connectivity index (χ3n) is 2.99. The molecule has 2 aromatic rings. The maximum absolute atomic E-state index is 13.9. The first kappa shape index (κ1) is 14.2. The zero-order valence-corrected chi connectivity index (χ0v) is 11.1. The molecule has 0 atom stereocenters. The lowest BCUT2D eigenvalue weighted by Crippen LogP contribution is -2.22. The lowest BCUT2D eigenvalue weighted by Gasteiger charge is -2.03. The van der Waals surface area contributed by atoms with Gasteiger partial charge in [-0.1, -0.05) is 18.7 Å². The van der Waals surface area contributed by atoms with Gasteiger partial charge in [-0.2, -0.15) is 0 Å². The fourth-order valence-corrected chi connectivity index (χ4v) is 2.02. The third kappa shape index (κ3) is 2.56. The molecule has 2 nitrogen and oxygen atoms in total. The fourth-order valence-electron chi connectivity index (χ4n) is 2.02. The molecule has 4 heteroatoms. The van der Waals surface area contributed by atoms with Gasteiger partial charge in [0, 0.05) is 22.4 Å². The SMILES string of the molecule is C=CC(c1ccc(F)cc1F)=c1oc(CN)cc1=CC. The van der Waals surface area contributed by atoms with Crippen molar-refractivity contribution in [3.8, 4) is 0 Å². The van der Waals surface area contributed by atoms with E-state index in [1.165, 1.54) is 18.2 Å². The molecule has 1 aromatic heterocycles. The molecule has 0 aliphatic carbocycles. The van der Waals surface area contributed by atoms with Gasteiger partial charge >= 0.3 is 0 Å². The second-order valence-electron chi connectivity index (χ2n) is 4.23. The molecule has 2 rings (SSSR count). The molecule has 20 heavy (non-hydrogen) atoms. The van der Waals surface area contributed by atoms with E-state index < -0.39 is 11.6 Å². The van der Waals surface area contributed by atoms with E-state index in [9.17, 15) is 8.78 Å². The summed E-state index contributed by atoms with van der Waals surface area (Å²) in [5.74, 6) is -0.693. The van der Waals surface area contributed by atoms with Gasteiger partial charge in [0.2, 0.25) is 0 Å². The van der Waals surface area contributed by atoms with Crippen LogP contribution in [0.3, 0.4) is 0 Å². The highest BCUT2D eigenvalue weighted by Crippen LogP contribution is 2.17. The molecule has 104 valence electrons. The number of halogens is 2. The molecular weight excluding hydrogens is 260 g/mol. The van der Waals surface area contributed by atoms with Gasteiger partial charge in [0.15, 0.2) is 0 Å². The van der Waals surface area contributed by atoms with Crippen molar-refractivity contribution in [1.82, 2.24) is 0 Å². The van der Waals surface area contributed by atoms with Gasteiger partial charge < -0.3 is 10.2 Å². The quantitative estimate of drug-likeness (QED) is 0.932. The molecule has 0 radical (unpaired) electrons. The summed E-state index contributed by atoms with van der Waals surface area (Å²) >= 11 is 0. The molecule has 0 spiro atoms. The van der Waals surface area contributed by atoms with Crippen molar-refractivity contribution >= 4 is 11.6 Å². The van der Waals surface area contributed by atoms with Crippen molar-refractivity contribution in [1.29, 1.82) is 0 Å². The van der Waals surface area contributed by atoms with Gasteiger partial charge in [-0.3, -0.25) is 0 Å². The molecule has 1 heterocycles. The number of hydrogen-bond donors (Lipinski definition) is 1. The van der Waals surface area contributed by atoms with E-state index in [-0.39, 0.29) is 12.1 Å². The number of nitrogens with two attached hydrogens (primary N) is 1. The normalized spacial score (nSPS) is 13.5. The Kier molecular flexibility index (Phi) is 4.15. The molecule has 0 bridgehead atoms. The number of allylic oxidation sites excluding steroid dienone is 1. The zero-order chi connectivity index (χ0) is 14.7. The molecule has 0 saturated carbocycles. The van der Waals surface area contributed by atoms with Gasteiger partial charge in [0.05, 0.1) is 6.54 Å². The van der Waals surface area contributed by atoms with E-state index in [4.69, 9.17) is 10.2 Å². The predicted molar refractivity (Wildman–Crippen MR) is 75.1 cm³/mol. The molecule has 0 saturated heterocycles. The van der Waals surface area contributed by atoms with Crippen LogP contribution < -0.4 is 16.4 Å². The summed E-state index contributed by atoms with van der Waals surface area (Å²) in [6, 6.07) is 5.19. The first-order valence-electron chi connectivity index (χ1n) is 6.18. The maximum Gasteiger partial charge on any atom is 0.141 e. The highest BCUT2D eigenvalue weighted by atomic mass is 19.1. The molecule has 0 unspecified atom stereocenters. The van der Waals surface area contributed by atoms with E-state index in [1.54, 1.807) is 6.07 Å². The second kappa shape index (κ2) is 5.84. The summed E-state index contributed by atoms with van der Waals surface area (Å²) in [6.07, 6.45) is 3.32. The Balaban J connectivity index is 2.83. The van der Waals surface area contributed by atoms with Crippen molar-refractivity contribution in [3.63, 3.8) is 0 Å². The summed E-state index contributed by atoms with van der Waals surface area (Å²) in [5, 5.41) is 0.795. The fraction of sp³-hybridized carbons (Fsp3) is 0.125. The standard InChI is InChI=1S/C16H15F2NO/c1-3-10-7-12(9-19)20-16(10)13(4-2)14-6-5-11(17)8-15(14)18/h3-8H,2,9,19H2,1H3. The van der Waals surface area contributed by atoms with E-state index in [0.717, 1.165) is 11.3 Å². The average Bonchev–Trinajstić information content (AvgIpc) is 2.85. The Labute approximate surface area is 115 Å². The molecule has 0 aliphatic rings. The van der Waals surface area contributed by atoms with Gasteiger partial charge in [-0.15, -0.1) is 0 Å². The van der Waals surface area contributed by atoms with Crippen LogP contribution in [0.5, 0.6) is 0 Å². The van der Waals surface area contributed by atoms with Crippen molar-refractivity contribution in [2.24, 2.45) is 5.73 Å². The van der Waals surface area contributed by atoms with Gasteiger partial charge in [-0.05, 0) is 25.1 Å². The highest BCUT2D eigenvalue weighted by molar-refractivity contribution is 5.72. The summed E-state index contributed by atoms with van der Waals surface area (Å²) in [5.41, 5.74) is 6.74. The largest absolute Gasteiger partial charge is 0.459 e. The molecule has 0 amide bonds. The molecule has 1 aromatic carbocycles. The van der Waals surface area contributed by atoms with Crippen LogP contribution in [0.4, 0.5) is 8.78 Å². The molecule has 2 N–H and O–H groups in total. The summed E-state index contributed by atoms with van der Waals surface area (Å²) in [6.45, 7) is 5.78. The van der Waals surface area contributed by atoms with Crippen molar-refractivity contribution < 1.29 is 13.2 Å². The molecule has 0 aliphatic heterocycles. The number of hydrogen-bond acceptors (Lipinski definition) is 2. The zero-order valence-electron chi connectivity index (χ0n) is 11.1. The second-order valence-corrected chi connectivity index (χ2v) is 4.23. The number of benzene rings is 1. The Morgan fingerprint density at radius 3 is 2.65 bits per heavy atom. The van der Waals surface area contributed by atoms with Crippen molar-refractivity contribution in [2.45, 2.75) is 13.5 Å². The Bertz CT molecular complexity index is 759. The summed E-state index contributed by atoms with van der Waals surface area (Å²) < 4.78 is 32.5. The predicted octanol–water partition coefficient (Wildman–Crippen LogP) is 2.20. The molecule has 0 fully saturated rings. The lowest BCUT2D eigenvalue weighted by atomic mass is 10.0. The Morgan fingerprint density at radius 2 is 2.10 bits per heavy atom. The van der Waals surface area contributed by atoms with Crippen LogP contribution in [0, 0.1) is 11.6 Å².